The summed E-state index contributed by atoms with van der Waals surface area (Å²) in [6.45, 7) is 13.7. The summed E-state index contributed by atoms with van der Waals surface area (Å²) in [6, 6.07) is 2.07. The maximum absolute atomic E-state index is 12.8. The fourth-order valence-corrected chi connectivity index (χ4v) is 4.27. The average Bonchev–Trinajstić information content (AvgIpc) is 3.31. The Morgan fingerprint density at radius 3 is 2.62 bits per heavy atom. The van der Waals surface area contributed by atoms with Crippen LogP contribution in [0.2, 0.25) is 0 Å². The van der Waals surface area contributed by atoms with Crippen molar-refractivity contribution in [3.8, 4) is 11.5 Å². The van der Waals surface area contributed by atoms with Gasteiger partial charge in [0.2, 0.25) is 0 Å². The molecule has 1 saturated carbocycles. The Bertz CT molecular complexity index is 905. The SMILES string of the molecule is CCCCOCCC[C@@H](CC(=O)OC(C)(C)C)c1noc(-c2cc(CC(C)C)n[nH]2)c1C1CC1. The Labute approximate surface area is 204 Å². The number of ether oxygens (including phenoxy) is 2. The summed E-state index contributed by atoms with van der Waals surface area (Å²) < 4.78 is 17.3. The second-order valence-electron chi connectivity index (χ2n) is 11.1. The highest BCUT2D eigenvalue weighted by molar-refractivity contribution is 5.71. The standard InChI is InChI=1S/C27H43N3O4/c1-7-8-13-32-14-9-10-20(16-23(31)33-27(4,5)6)25-24(19-11-12-19)26(34-30-25)22-17-21(28-29-22)15-18(2)3/h17-20H,7-16H2,1-6H3,(H,28,29)/t20-/m0/s1. The van der Waals surface area contributed by atoms with Crippen molar-refractivity contribution in [3.05, 3.63) is 23.0 Å². The molecular weight excluding hydrogens is 430 g/mol. The van der Waals surface area contributed by atoms with Gasteiger partial charge in [-0.1, -0.05) is 32.3 Å². The van der Waals surface area contributed by atoms with Crippen LogP contribution < -0.4 is 0 Å². The molecule has 7 nitrogen and oxygen atoms in total. The number of carbonyl (C=O) groups is 1. The zero-order valence-electron chi connectivity index (χ0n) is 21.9. The maximum Gasteiger partial charge on any atom is 0.306 e. The Kier molecular flexibility index (Phi) is 9.34. The van der Waals surface area contributed by atoms with Gasteiger partial charge in [-0.3, -0.25) is 9.89 Å². The Balaban J connectivity index is 1.81. The van der Waals surface area contributed by atoms with E-state index in [1.165, 1.54) is 0 Å². The van der Waals surface area contributed by atoms with E-state index in [0.29, 0.717) is 24.9 Å². The van der Waals surface area contributed by atoms with Crippen LogP contribution >= 0.6 is 0 Å². The highest BCUT2D eigenvalue weighted by Crippen LogP contribution is 2.48. The van der Waals surface area contributed by atoms with Crippen LogP contribution in [0.15, 0.2) is 10.6 Å². The number of aromatic nitrogens is 3. The smallest absolute Gasteiger partial charge is 0.306 e. The normalized spacial score (nSPS) is 15.1. The third-order valence-electron chi connectivity index (χ3n) is 5.94. The highest BCUT2D eigenvalue weighted by atomic mass is 16.6. The number of hydrogen-bond acceptors (Lipinski definition) is 6. The maximum atomic E-state index is 12.8. The summed E-state index contributed by atoms with van der Waals surface area (Å²) in [5.41, 5.74) is 3.42. The van der Waals surface area contributed by atoms with Crippen molar-refractivity contribution in [2.45, 2.75) is 110 Å². The van der Waals surface area contributed by atoms with Crippen molar-refractivity contribution < 1.29 is 18.8 Å². The van der Waals surface area contributed by atoms with E-state index in [2.05, 4.69) is 42.2 Å². The number of esters is 1. The number of aromatic amines is 1. The predicted octanol–water partition coefficient (Wildman–Crippen LogP) is 6.55. The van der Waals surface area contributed by atoms with Crippen LogP contribution in [0, 0.1) is 5.92 Å². The fraction of sp³-hybridized carbons (Fsp3) is 0.741. The van der Waals surface area contributed by atoms with Crippen LogP contribution in [0.5, 0.6) is 0 Å². The molecule has 0 unspecified atom stereocenters. The third-order valence-corrected chi connectivity index (χ3v) is 5.94. The molecule has 1 aliphatic carbocycles. The van der Waals surface area contributed by atoms with Gasteiger partial charge in [-0.2, -0.15) is 5.10 Å². The second-order valence-corrected chi connectivity index (χ2v) is 11.1. The van der Waals surface area contributed by atoms with E-state index >= 15 is 0 Å². The highest BCUT2D eigenvalue weighted by Gasteiger charge is 2.37. The number of nitrogens with one attached hydrogen (secondary N) is 1. The van der Waals surface area contributed by atoms with Gasteiger partial charge >= 0.3 is 5.97 Å². The molecular formula is C27H43N3O4. The van der Waals surface area contributed by atoms with E-state index in [-0.39, 0.29) is 11.9 Å². The quantitative estimate of drug-likeness (QED) is 0.247. The van der Waals surface area contributed by atoms with Gasteiger partial charge in [0.25, 0.3) is 0 Å². The zero-order chi connectivity index (χ0) is 24.7. The van der Waals surface area contributed by atoms with Gasteiger partial charge in [0.05, 0.1) is 17.8 Å². The number of unbranched alkanes of at least 4 members (excludes halogenated alkanes) is 1. The topological polar surface area (TPSA) is 90.2 Å². The Hall–Kier alpha value is -2.15. The molecule has 0 radical (unpaired) electrons. The molecule has 34 heavy (non-hydrogen) atoms. The minimum absolute atomic E-state index is 0.0595. The first-order valence-corrected chi connectivity index (χ1v) is 13.0. The van der Waals surface area contributed by atoms with E-state index < -0.39 is 5.60 Å². The Morgan fingerprint density at radius 2 is 1.97 bits per heavy atom. The molecule has 1 N–H and O–H groups in total. The lowest BCUT2D eigenvalue weighted by molar-refractivity contribution is -0.155. The Morgan fingerprint density at radius 1 is 1.24 bits per heavy atom. The lowest BCUT2D eigenvalue weighted by Gasteiger charge is -2.22. The zero-order valence-corrected chi connectivity index (χ0v) is 21.9. The summed E-state index contributed by atoms with van der Waals surface area (Å²) in [7, 11) is 0. The molecule has 0 amide bonds. The molecule has 0 aliphatic heterocycles. The molecule has 1 fully saturated rings. The summed E-state index contributed by atoms with van der Waals surface area (Å²) in [6.07, 6.45) is 7.31. The van der Waals surface area contributed by atoms with Gasteiger partial charge < -0.3 is 14.0 Å². The molecule has 2 aromatic rings. The molecule has 0 bridgehead atoms. The number of H-pyrrole nitrogens is 1. The number of carbonyl (C=O) groups excluding carboxylic acids is 1. The molecule has 0 saturated heterocycles. The van der Waals surface area contributed by atoms with E-state index in [9.17, 15) is 4.79 Å². The summed E-state index contributed by atoms with van der Waals surface area (Å²) in [5, 5.41) is 12.2. The fourth-order valence-electron chi connectivity index (χ4n) is 4.27. The molecule has 2 aromatic heterocycles. The van der Waals surface area contributed by atoms with Crippen molar-refractivity contribution in [1.82, 2.24) is 15.4 Å². The van der Waals surface area contributed by atoms with Crippen molar-refractivity contribution in [2.75, 3.05) is 13.2 Å². The van der Waals surface area contributed by atoms with Gasteiger partial charge in [0, 0.05) is 24.7 Å². The number of nitrogens with zero attached hydrogens (tertiary/aromatic N) is 2. The van der Waals surface area contributed by atoms with Gasteiger partial charge in [0.15, 0.2) is 5.76 Å². The van der Waals surface area contributed by atoms with Gasteiger partial charge in [-0.05, 0) is 77.2 Å². The number of hydrogen-bond donors (Lipinski definition) is 1. The van der Waals surface area contributed by atoms with Crippen LogP contribution in [-0.4, -0.2) is 40.1 Å². The first kappa shape index (κ1) is 26.5. The molecule has 190 valence electrons. The van der Waals surface area contributed by atoms with E-state index in [1.54, 1.807) is 0 Å². The van der Waals surface area contributed by atoms with Gasteiger partial charge in [-0.15, -0.1) is 0 Å². The molecule has 1 aliphatic rings. The van der Waals surface area contributed by atoms with Crippen LogP contribution in [0.25, 0.3) is 11.5 Å². The van der Waals surface area contributed by atoms with Crippen LogP contribution in [0.1, 0.15) is 115 Å². The molecule has 0 spiro atoms. The minimum atomic E-state index is -0.512. The third kappa shape index (κ3) is 7.97. The monoisotopic (exact) mass is 473 g/mol. The average molecular weight is 474 g/mol. The molecule has 1 atom stereocenters. The molecule has 7 heteroatoms. The molecule has 0 aromatic carbocycles. The van der Waals surface area contributed by atoms with E-state index in [1.807, 2.05) is 20.8 Å². The lowest BCUT2D eigenvalue weighted by Crippen LogP contribution is -2.25. The lowest BCUT2D eigenvalue weighted by atomic mass is 9.90. The van der Waals surface area contributed by atoms with E-state index in [0.717, 1.165) is 80.0 Å². The van der Waals surface area contributed by atoms with Gasteiger partial charge in [0.1, 0.15) is 11.3 Å². The van der Waals surface area contributed by atoms with Crippen molar-refractivity contribution >= 4 is 5.97 Å². The molecule has 3 rings (SSSR count). The predicted molar refractivity (Wildman–Crippen MR) is 133 cm³/mol. The van der Waals surface area contributed by atoms with Crippen molar-refractivity contribution in [1.29, 1.82) is 0 Å². The van der Waals surface area contributed by atoms with Gasteiger partial charge in [-0.25, -0.2) is 0 Å². The van der Waals surface area contributed by atoms with E-state index in [4.69, 9.17) is 14.0 Å². The number of rotatable bonds is 14. The first-order valence-electron chi connectivity index (χ1n) is 13.0. The van der Waals surface area contributed by atoms with Crippen LogP contribution in [-0.2, 0) is 20.7 Å². The summed E-state index contributed by atoms with van der Waals surface area (Å²) >= 11 is 0. The van der Waals surface area contributed by atoms with Crippen LogP contribution in [0.3, 0.4) is 0 Å². The minimum Gasteiger partial charge on any atom is -0.460 e. The summed E-state index contributed by atoms with van der Waals surface area (Å²) in [4.78, 5) is 12.8. The largest absolute Gasteiger partial charge is 0.460 e. The van der Waals surface area contributed by atoms with Crippen molar-refractivity contribution in [2.24, 2.45) is 5.92 Å². The summed E-state index contributed by atoms with van der Waals surface area (Å²) in [5.74, 6) is 1.47. The second kappa shape index (κ2) is 12.0. The molecule has 2 heterocycles. The van der Waals surface area contributed by atoms with Crippen molar-refractivity contribution in [3.63, 3.8) is 0 Å². The first-order chi connectivity index (χ1) is 16.2. The van der Waals surface area contributed by atoms with Crippen LogP contribution in [0.4, 0.5) is 0 Å².